The third-order valence-electron chi connectivity index (χ3n) is 6.97. The minimum Gasteiger partial charge on any atom is -0.351 e. The predicted molar refractivity (Wildman–Crippen MR) is 157 cm³/mol. The van der Waals surface area contributed by atoms with Crippen LogP contribution in [-0.4, -0.2) is 22.1 Å². The fourth-order valence-electron chi connectivity index (χ4n) is 4.73. The van der Waals surface area contributed by atoms with E-state index in [1.807, 2.05) is 6.92 Å². The van der Waals surface area contributed by atoms with E-state index in [0.717, 1.165) is 59.2 Å². The molecule has 4 bridgehead atoms. The maximum absolute atomic E-state index is 5.01. The Balaban J connectivity index is 1.62. The van der Waals surface area contributed by atoms with Crippen LogP contribution in [0.15, 0.2) is 48.5 Å². The first kappa shape index (κ1) is 26.8. The van der Waals surface area contributed by atoms with Gasteiger partial charge in [-0.15, -0.1) is 0 Å². The molecule has 0 aliphatic carbocycles. The van der Waals surface area contributed by atoms with Gasteiger partial charge in [0.25, 0.3) is 0 Å². The number of aromatic nitrogens is 2. The molecule has 0 spiro atoms. The Morgan fingerprint density at radius 2 is 1.46 bits per heavy atom. The zero-order valence-electron chi connectivity index (χ0n) is 23.5. The van der Waals surface area contributed by atoms with Gasteiger partial charge in [0.2, 0.25) is 5.95 Å². The number of nitrogens with one attached hydrogen (secondary N) is 2. The lowest BCUT2D eigenvalue weighted by Crippen LogP contribution is -2.30. The van der Waals surface area contributed by atoms with Crippen molar-refractivity contribution in [2.45, 2.75) is 86.2 Å². The first-order valence-electron chi connectivity index (χ1n) is 13.8. The largest absolute Gasteiger partial charge is 0.351 e. The summed E-state index contributed by atoms with van der Waals surface area (Å²) in [5.41, 5.74) is 5.99. The van der Waals surface area contributed by atoms with Crippen molar-refractivity contribution in [2.24, 2.45) is 11.8 Å². The fraction of sp³-hybridized carbons (Fsp3) is 0.484. The SMILES string of the molecule is Cc1nc2nc(c1Nc1ccc([N]C(C)CCC(C)C)cc1)N(C(C)CCC(C)C)c1ccc(cc1)N2. The van der Waals surface area contributed by atoms with Gasteiger partial charge in [-0.3, -0.25) is 5.32 Å². The number of anilines is 6. The number of fused-ring (bicyclic) bond motifs is 2. The highest BCUT2D eigenvalue weighted by Gasteiger charge is 2.25. The van der Waals surface area contributed by atoms with Gasteiger partial charge in [-0.05, 0) is 107 Å². The first-order chi connectivity index (χ1) is 17.7. The normalized spacial score (nSPS) is 14.1. The number of nitrogens with zero attached hydrogens (tertiary/aromatic N) is 4. The Hall–Kier alpha value is -3.28. The van der Waals surface area contributed by atoms with Crippen molar-refractivity contribution < 1.29 is 0 Å². The molecule has 1 radical (unpaired) electrons. The Kier molecular flexibility index (Phi) is 8.57. The zero-order valence-corrected chi connectivity index (χ0v) is 23.5. The second-order valence-electron chi connectivity index (χ2n) is 11.3. The molecule has 2 aliphatic heterocycles. The third kappa shape index (κ3) is 6.94. The molecule has 6 heteroatoms. The van der Waals surface area contributed by atoms with Crippen LogP contribution in [0.5, 0.6) is 0 Å². The van der Waals surface area contributed by atoms with E-state index in [-0.39, 0.29) is 6.04 Å². The summed E-state index contributed by atoms with van der Waals surface area (Å²) in [6.45, 7) is 15.6. The highest BCUT2D eigenvalue weighted by molar-refractivity contribution is 5.81. The average Bonchev–Trinajstić information content (AvgIpc) is 2.95. The number of rotatable bonds is 11. The maximum Gasteiger partial charge on any atom is 0.229 e. The van der Waals surface area contributed by atoms with E-state index < -0.39 is 0 Å². The fourth-order valence-corrected chi connectivity index (χ4v) is 4.73. The summed E-state index contributed by atoms with van der Waals surface area (Å²) in [5, 5.41) is 11.9. The molecule has 2 N–H and O–H groups in total. The summed E-state index contributed by atoms with van der Waals surface area (Å²) in [4.78, 5) is 12.2. The van der Waals surface area contributed by atoms with Crippen molar-refractivity contribution in [1.29, 1.82) is 0 Å². The molecule has 2 atom stereocenters. The van der Waals surface area contributed by atoms with Gasteiger partial charge in [0.15, 0.2) is 5.82 Å². The number of hydrogen-bond donors (Lipinski definition) is 2. The van der Waals surface area contributed by atoms with Crippen LogP contribution < -0.4 is 20.9 Å². The van der Waals surface area contributed by atoms with Crippen LogP contribution in [0.4, 0.5) is 40.2 Å². The van der Waals surface area contributed by atoms with Crippen molar-refractivity contribution in [1.82, 2.24) is 15.3 Å². The molecule has 0 saturated heterocycles. The van der Waals surface area contributed by atoms with E-state index >= 15 is 0 Å². The van der Waals surface area contributed by atoms with E-state index in [1.54, 1.807) is 0 Å². The molecule has 3 aromatic rings. The lowest BCUT2D eigenvalue weighted by Gasteiger charge is -2.32. The molecule has 5 rings (SSSR count). The summed E-state index contributed by atoms with van der Waals surface area (Å²) in [6.07, 6.45) is 4.56. The number of hydrogen-bond acceptors (Lipinski definition) is 5. The van der Waals surface area contributed by atoms with Crippen molar-refractivity contribution in [3.8, 4) is 0 Å². The molecule has 2 aromatic carbocycles. The first-order valence-corrected chi connectivity index (χ1v) is 13.8. The molecule has 1 aromatic heterocycles. The number of benzene rings is 2. The van der Waals surface area contributed by atoms with Gasteiger partial charge in [0.05, 0.1) is 11.4 Å². The molecule has 2 unspecified atom stereocenters. The van der Waals surface area contributed by atoms with Crippen molar-refractivity contribution in [2.75, 3.05) is 15.5 Å². The standard InChI is InChI=1S/C31H43N6/c1-20(2)8-10-22(5)32-25-12-14-26(15-13-25)34-29-24(7)33-31-35-27-16-18-28(19-17-27)37(30(29)36-31)23(6)11-9-21(3)4/h12-23,34H,8-11H2,1-7H3,(H,33,35,36). The third-order valence-corrected chi connectivity index (χ3v) is 6.97. The smallest absolute Gasteiger partial charge is 0.229 e. The second kappa shape index (κ2) is 11.8. The summed E-state index contributed by atoms with van der Waals surface area (Å²) >= 11 is 0. The topological polar surface area (TPSA) is 67.2 Å². The summed E-state index contributed by atoms with van der Waals surface area (Å²) in [6, 6.07) is 17.5. The predicted octanol–water partition coefficient (Wildman–Crippen LogP) is 8.61. The van der Waals surface area contributed by atoms with Gasteiger partial charge in [-0.25, -0.2) is 4.98 Å². The second-order valence-corrected chi connectivity index (χ2v) is 11.3. The van der Waals surface area contributed by atoms with Gasteiger partial charge >= 0.3 is 0 Å². The Morgan fingerprint density at radius 3 is 2.11 bits per heavy atom. The van der Waals surface area contributed by atoms with E-state index in [4.69, 9.17) is 15.3 Å². The van der Waals surface area contributed by atoms with Crippen LogP contribution in [0.3, 0.4) is 0 Å². The molecule has 6 nitrogen and oxygen atoms in total. The van der Waals surface area contributed by atoms with Crippen LogP contribution >= 0.6 is 0 Å². The summed E-state index contributed by atoms with van der Waals surface area (Å²) in [5.74, 6) is 2.88. The van der Waals surface area contributed by atoms with Crippen LogP contribution in [0, 0.1) is 18.8 Å². The Labute approximate surface area is 223 Å². The van der Waals surface area contributed by atoms with Gasteiger partial charge in [-0.2, -0.15) is 4.98 Å². The highest BCUT2D eigenvalue weighted by atomic mass is 15.3. The molecule has 37 heavy (non-hydrogen) atoms. The monoisotopic (exact) mass is 499 g/mol. The molecule has 2 aliphatic rings. The van der Waals surface area contributed by atoms with Crippen LogP contribution in [0.2, 0.25) is 0 Å². The average molecular weight is 500 g/mol. The van der Waals surface area contributed by atoms with Crippen LogP contribution in [-0.2, 0) is 0 Å². The van der Waals surface area contributed by atoms with Crippen molar-refractivity contribution in [3.05, 3.63) is 54.2 Å². The minimum absolute atomic E-state index is 0.280. The molecule has 0 amide bonds. The maximum atomic E-state index is 5.01. The van der Waals surface area contributed by atoms with Crippen LogP contribution in [0.25, 0.3) is 0 Å². The molecular formula is C31H43N6. The summed E-state index contributed by atoms with van der Waals surface area (Å²) in [7, 11) is 0. The van der Waals surface area contributed by atoms with E-state index in [2.05, 4.69) is 106 Å². The van der Waals surface area contributed by atoms with Gasteiger partial charge in [0, 0.05) is 29.1 Å². The molecule has 3 heterocycles. The summed E-state index contributed by atoms with van der Waals surface area (Å²) < 4.78 is 0. The Morgan fingerprint density at radius 1 is 0.811 bits per heavy atom. The van der Waals surface area contributed by atoms with Gasteiger partial charge in [0.1, 0.15) is 5.69 Å². The minimum atomic E-state index is 0.280. The van der Waals surface area contributed by atoms with Crippen LogP contribution in [0.1, 0.15) is 72.9 Å². The van der Waals surface area contributed by atoms with Crippen molar-refractivity contribution in [3.63, 3.8) is 0 Å². The Bertz CT molecular complexity index is 1150. The van der Waals surface area contributed by atoms with E-state index in [0.29, 0.717) is 23.8 Å². The molecule has 0 saturated carbocycles. The van der Waals surface area contributed by atoms with E-state index in [9.17, 15) is 0 Å². The lowest BCUT2D eigenvalue weighted by molar-refractivity contribution is 0.483. The zero-order chi connectivity index (χ0) is 26.5. The quantitative estimate of drug-likeness (QED) is 0.276. The van der Waals surface area contributed by atoms with Gasteiger partial charge in [-0.1, -0.05) is 27.7 Å². The highest BCUT2D eigenvalue weighted by Crippen LogP contribution is 2.39. The molecular weight excluding hydrogens is 456 g/mol. The molecule has 197 valence electrons. The lowest BCUT2D eigenvalue weighted by atomic mass is 10.0. The molecule has 0 fully saturated rings. The van der Waals surface area contributed by atoms with Gasteiger partial charge < -0.3 is 15.5 Å². The van der Waals surface area contributed by atoms with E-state index in [1.165, 1.54) is 6.42 Å². The van der Waals surface area contributed by atoms with Crippen molar-refractivity contribution >= 4 is 40.2 Å². The number of aryl methyl sites for hydroxylation is 1.